The molecule has 0 aliphatic heterocycles. The number of nitrogens with zero attached hydrogens (tertiary/aromatic N) is 1. The first-order valence-corrected chi connectivity index (χ1v) is 8.19. The normalized spacial score (nSPS) is 23.8. The molecule has 0 saturated heterocycles. The molecule has 0 radical (unpaired) electrons. The first-order chi connectivity index (χ1) is 10.8. The largest absolute Gasteiger partial charge is 0.491 e. The molecule has 1 aromatic rings. The zero-order valence-corrected chi connectivity index (χ0v) is 14.5. The van der Waals surface area contributed by atoms with Gasteiger partial charge in [-0.1, -0.05) is 6.07 Å². The second-order valence-electron chi connectivity index (χ2n) is 6.71. The Morgan fingerprint density at radius 2 is 2.04 bits per heavy atom. The van der Waals surface area contributed by atoms with Crippen LogP contribution in [-0.4, -0.2) is 48.3 Å². The minimum atomic E-state index is -0.563. The number of nitrogens with two attached hydrogens (primary N) is 1. The summed E-state index contributed by atoms with van der Waals surface area (Å²) in [7, 11) is 1.77. The van der Waals surface area contributed by atoms with E-state index in [1.54, 1.807) is 11.9 Å². The fourth-order valence-electron chi connectivity index (χ4n) is 3.11. The van der Waals surface area contributed by atoms with E-state index in [1.165, 1.54) is 11.1 Å². The van der Waals surface area contributed by atoms with Gasteiger partial charge in [-0.2, -0.15) is 0 Å². The van der Waals surface area contributed by atoms with Crippen LogP contribution >= 0.6 is 0 Å². The van der Waals surface area contributed by atoms with E-state index in [-0.39, 0.29) is 17.9 Å². The Hall–Kier alpha value is -1.59. The molecule has 5 nitrogen and oxygen atoms in total. The van der Waals surface area contributed by atoms with Crippen LogP contribution in [0, 0.1) is 26.7 Å². The molecule has 0 aromatic heterocycles. The van der Waals surface area contributed by atoms with Crippen molar-refractivity contribution in [3.63, 3.8) is 0 Å². The molecule has 1 saturated carbocycles. The van der Waals surface area contributed by atoms with Gasteiger partial charge in [0.25, 0.3) is 0 Å². The van der Waals surface area contributed by atoms with Gasteiger partial charge in [-0.3, -0.25) is 4.79 Å². The van der Waals surface area contributed by atoms with Crippen LogP contribution in [0.1, 0.15) is 29.5 Å². The fraction of sp³-hybridized carbons (Fsp3) is 0.611. The summed E-state index contributed by atoms with van der Waals surface area (Å²) in [5, 5.41) is 9.69. The highest BCUT2D eigenvalue weighted by molar-refractivity contribution is 5.79. The number of carbonyl (C=O) groups excluding carboxylic acids is 1. The summed E-state index contributed by atoms with van der Waals surface area (Å²) in [6.45, 7) is 7.13. The van der Waals surface area contributed by atoms with E-state index in [0.717, 1.165) is 11.3 Å². The smallest absolute Gasteiger partial charge is 0.225 e. The van der Waals surface area contributed by atoms with Gasteiger partial charge in [0.05, 0.1) is 12.6 Å². The van der Waals surface area contributed by atoms with Crippen molar-refractivity contribution in [1.29, 1.82) is 0 Å². The minimum absolute atomic E-state index is 0.0396. The van der Waals surface area contributed by atoms with Crippen molar-refractivity contribution in [2.24, 2.45) is 11.7 Å². The van der Waals surface area contributed by atoms with Crippen LogP contribution in [0.15, 0.2) is 12.1 Å². The van der Waals surface area contributed by atoms with Gasteiger partial charge in [0.15, 0.2) is 0 Å². The Morgan fingerprint density at radius 1 is 1.35 bits per heavy atom. The summed E-state index contributed by atoms with van der Waals surface area (Å²) in [6, 6.07) is 3.87. The third-order valence-corrected chi connectivity index (χ3v) is 4.75. The molecule has 1 aromatic carbocycles. The van der Waals surface area contributed by atoms with Crippen LogP contribution in [0.25, 0.3) is 0 Å². The summed E-state index contributed by atoms with van der Waals surface area (Å²) in [5.74, 6) is 0.743. The average Bonchev–Trinajstić information content (AvgIpc) is 2.82. The topological polar surface area (TPSA) is 75.8 Å². The number of aliphatic hydroxyl groups is 1. The van der Waals surface area contributed by atoms with Gasteiger partial charge in [0.1, 0.15) is 12.4 Å². The predicted molar refractivity (Wildman–Crippen MR) is 90.5 cm³/mol. The molecule has 3 N–H and O–H groups in total. The first-order valence-electron chi connectivity index (χ1n) is 8.19. The number of aliphatic hydroxyl groups excluding tert-OH is 1. The predicted octanol–water partition coefficient (Wildman–Crippen LogP) is 1.55. The van der Waals surface area contributed by atoms with E-state index in [2.05, 4.69) is 13.0 Å². The number of hydrogen-bond donors (Lipinski definition) is 2. The molecule has 0 bridgehead atoms. The SMILES string of the molecule is Cc1cc(C)c(C)c(OCCN(C)C(=O)[C@H]2C[C@H](N)[C@@H](O)C2)c1. The number of ether oxygens (including phenoxy) is 1. The Balaban J connectivity index is 1.85. The molecule has 0 unspecified atom stereocenters. The molecule has 5 heteroatoms. The summed E-state index contributed by atoms with van der Waals surface area (Å²) in [5.41, 5.74) is 9.29. The Bertz CT molecular complexity index is 564. The molecule has 1 aliphatic carbocycles. The number of benzene rings is 1. The standard InChI is InChI=1S/C18H28N2O3/c1-11-7-12(2)13(3)17(8-11)23-6-5-20(4)18(22)14-9-15(19)16(21)10-14/h7-8,14-16,21H,5-6,9-10,19H2,1-4H3/t14-,15-,16-/m0/s1. The van der Waals surface area contributed by atoms with Crippen molar-refractivity contribution in [2.45, 2.75) is 45.8 Å². The van der Waals surface area contributed by atoms with Crippen molar-refractivity contribution in [3.8, 4) is 5.75 Å². The fourth-order valence-corrected chi connectivity index (χ4v) is 3.11. The van der Waals surface area contributed by atoms with Gasteiger partial charge in [-0.05, 0) is 56.4 Å². The van der Waals surface area contributed by atoms with Crippen LogP contribution in [-0.2, 0) is 4.79 Å². The number of rotatable bonds is 5. The lowest BCUT2D eigenvalue weighted by molar-refractivity contribution is -0.134. The van der Waals surface area contributed by atoms with Crippen LogP contribution in [0.3, 0.4) is 0 Å². The summed E-state index contributed by atoms with van der Waals surface area (Å²) < 4.78 is 5.86. The van der Waals surface area contributed by atoms with E-state index in [1.807, 2.05) is 19.9 Å². The first kappa shape index (κ1) is 17.8. The molecule has 0 spiro atoms. The van der Waals surface area contributed by atoms with Crippen molar-refractivity contribution >= 4 is 5.91 Å². The number of carbonyl (C=O) groups is 1. The third kappa shape index (κ3) is 4.24. The lowest BCUT2D eigenvalue weighted by Crippen LogP contribution is -2.35. The highest BCUT2D eigenvalue weighted by atomic mass is 16.5. The molecule has 0 heterocycles. The van der Waals surface area contributed by atoms with Crippen LogP contribution in [0.4, 0.5) is 0 Å². The molecule has 3 atom stereocenters. The second kappa shape index (κ2) is 7.32. The monoisotopic (exact) mass is 320 g/mol. The molecule has 2 rings (SSSR count). The van der Waals surface area contributed by atoms with Crippen molar-refractivity contribution in [1.82, 2.24) is 4.90 Å². The van der Waals surface area contributed by atoms with Crippen LogP contribution in [0.5, 0.6) is 5.75 Å². The molecular weight excluding hydrogens is 292 g/mol. The Kier molecular flexibility index (Phi) is 5.65. The maximum atomic E-state index is 12.4. The number of likely N-dealkylation sites (N-methyl/N-ethyl adjacent to an activating group) is 1. The molecular formula is C18H28N2O3. The van der Waals surface area contributed by atoms with Crippen LogP contribution < -0.4 is 10.5 Å². The van der Waals surface area contributed by atoms with Gasteiger partial charge in [0, 0.05) is 19.0 Å². The highest BCUT2D eigenvalue weighted by Crippen LogP contribution is 2.26. The number of amides is 1. The minimum Gasteiger partial charge on any atom is -0.491 e. The maximum absolute atomic E-state index is 12.4. The lowest BCUT2D eigenvalue weighted by Gasteiger charge is -2.21. The van der Waals surface area contributed by atoms with E-state index >= 15 is 0 Å². The van der Waals surface area contributed by atoms with Crippen molar-refractivity contribution in [2.75, 3.05) is 20.2 Å². The summed E-state index contributed by atoms with van der Waals surface area (Å²) in [6.07, 6.45) is 0.453. The maximum Gasteiger partial charge on any atom is 0.225 e. The van der Waals surface area contributed by atoms with E-state index in [9.17, 15) is 9.90 Å². The highest BCUT2D eigenvalue weighted by Gasteiger charge is 2.35. The zero-order chi connectivity index (χ0) is 17.1. The van der Waals surface area contributed by atoms with Gasteiger partial charge in [-0.15, -0.1) is 0 Å². The Labute approximate surface area is 138 Å². The second-order valence-corrected chi connectivity index (χ2v) is 6.71. The lowest BCUT2D eigenvalue weighted by atomic mass is 10.1. The summed E-state index contributed by atoms with van der Waals surface area (Å²) in [4.78, 5) is 14.0. The van der Waals surface area contributed by atoms with E-state index < -0.39 is 6.10 Å². The molecule has 1 fully saturated rings. The quantitative estimate of drug-likeness (QED) is 0.863. The number of aryl methyl sites for hydroxylation is 2. The van der Waals surface area contributed by atoms with Gasteiger partial charge in [-0.25, -0.2) is 0 Å². The van der Waals surface area contributed by atoms with Crippen molar-refractivity contribution < 1.29 is 14.6 Å². The zero-order valence-electron chi connectivity index (χ0n) is 14.5. The summed E-state index contributed by atoms with van der Waals surface area (Å²) >= 11 is 0. The Morgan fingerprint density at radius 3 is 2.65 bits per heavy atom. The van der Waals surface area contributed by atoms with Gasteiger partial charge in [0.2, 0.25) is 5.91 Å². The number of hydrogen-bond acceptors (Lipinski definition) is 4. The van der Waals surface area contributed by atoms with Crippen molar-refractivity contribution in [3.05, 3.63) is 28.8 Å². The average molecular weight is 320 g/mol. The van der Waals surface area contributed by atoms with Gasteiger partial charge < -0.3 is 20.5 Å². The molecule has 128 valence electrons. The van der Waals surface area contributed by atoms with E-state index in [0.29, 0.717) is 26.0 Å². The molecule has 1 amide bonds. The van der Waals surface area contributed by atoms with Gasteiger partial charge >= 0.3 is 0 Å². The molecule has 1 aliphatic rings. The van der Waals surface area contributed by atoms with E-state index in [4.69, 9.17) is 10.5 Å². The third-order valence-electron chi connectivity index (χ3n) is 4.75. The van der Waals surface area contributed by atoms with Crippen LogP contribution in [0.2, 0.25) is 0 Å². The molecule has 23 heavy (non-hydrogen) atoms.